The van der Waals surface area contributed by atoms with Crippen LogP contribution in [0.25, 0.3) is 0 Å². The van der Waals surface area contributed by atoms with Gasteiger partial charge in [-0.05, 0) is 58.8 Å². The summed E-state index contributed by atoms with van der Waals surface area (Å²) in [4.78, 5) is 13.8. The Kier molecular flexibility index (Phi) is 5.61. The zero-order valence-corrected chi connectivity index (χ0v) is 14.3. The minimum atomic E-state index is -0.0304. The normalized spacial score (nSPS) is 10.2. The number of rotatable bonds is 5. The van der Waals surface area contributed by atoms with Crippen molar-refractivity contribution in [3.05, 3.63) is 63.2 Å². The number of nitrogens with zero attached hydrogens (tertiary/aromatic N) is 1. The summed E-state index contributed by atoms with van der Waals surface area (Å²) < 4.78 is 6.63. The molecule has 0 radical (unpaired) electrons. The molecule has 0 aromatic heterocycles. The van der Waals surface area contributed by atoms with E-state index in [1.807, 2.05) is 42.5 Å². The molecule has 21 heavy (non-hydrogen) atoms. The van der Waals surface area contributed by atoms with Gasteiger partial charge in [-0.15, -0.1) is 0 Å². The van der Waals surface area contributed by atoms with Gasteiger partial charge in [0.1, 0.15) is 5.75 Å². The summed E-state index contributed by atoms with van der Waals surface area (Å²) in [5, 5.41) is 0. The third-order valence-corrected chi connectivity index (χ3v) is 3.92. The van der Waals surface area contributed by atoms with Gasteiger partial charge in [0, 0.05) is 17.2 Å². The van der Waals surface area contributed by atoms with Crippen LogP contribution in [0.15, 0.2) is 48.5 Å². The van der Waals surface area contributed by atoms with Crippen molar-refractivity contribution in [2.24, 2.45) is 0 Å². The smallest absolute Gasteiger partial charge is 0.260 e. The summed E-state index contributed by atoms with van der Waals surface area (Å²) in [5.74, 6) is 0.691. The molecular weight excluding hydrogens is 377 g/mol. The highest BCUT2D eigenvalue weighted by atomic mass is 127. The Labute approximate surface area is 139 Å². The molecule has 110 valence electrons. The standard InChI is InChI=1S/C17H18INO2/c1-13-6-3-4-7-14(13)11-19(2)17(20)12-21-16-9-5-8-15(18)10-16/h3-10H,11-12H2,1-2H3. The summed E-state index contributed by atoms with van der Waals surface area (Å²) in [6, 6.07) is 15.8. The minimum absolute atomic E-state index is 0.0304. The van der Waals surface area contributed by atoms with Gasteiger partial charge >= 0.3 is 0 Å². The lowest BCUT2D eigenvalue weighted by atomic mass is 10.1. The lowest BCUT2D eigenvalue weighted by Gasteiger charge is -2.18. The maximum Gasteiger partial charge on any atom is 0.260 e. The number of carbonyl (C=O) groups excluding carboxylic acids is 1. The van der Waals surface area contributed by atoms with Crippen LogP contribution in [0.3, 0.4) is 0 Å². The number of carbonyl (C=O) groups is 1. The molecule has 2 rings (SSSR count). The van der Waals surface area contributed by atoms with E-state index < -0.39 is 0 Å². The van der Waals surface area contributed by atoms with Crippen LogP contribution in [0.1, 0.15) is 11.1 Å². The van der Waals surface area contributed by atoms with E-state index in [-0.39, 0.29) is 12.5 Å². The second-order valence-corrected chi connectivity index (χ2v) is 6.17. The number of benzene rings is 2. The Morgan fingerprint density at radius 1 is 1.19 bits per heavy atom. The quantitative estimate of drug-likeness (QED) is 0.724. The van der Waals surface area contributed by atoms with Crippen LogP contribution < -0.4 is 4.74 Å². The van der Waals surface area contributed by atoms with Crippen LogP contribution in [0.2, 0.25) is 0 Å². The van der Waals surface area contributed by atoms with Crippen LogP contribution in [0.5, 0.6) is 5.75 Å². The molecule has 0 atom stereocenters. The van der Waals surface area contributed by atoms with Gasteiger partial charge in [0.25, 0.3) is 5.91 Å². The van der Waals surface area contributed by atoms with E-state index in [0.29, 0.717) is 6.54 Å². The molecule has 1 amide bonds. The first-order valence-electron chi connectivity index (χ1n) is 6.73. The van der Waals surface area contributed by atoms with Crippen molar-refractivity contribution >= 4 is 28.5 Å². The fraction of sp³-hybridized carbons (Fsp3) is 0.235. The molecule has 0 N–H and O–H groups in total. The van der Waals surface area contributed by atoms with Gasteiger partial charge in [-0.3, -0.25) is 4.79 Å². The van der Waals surface area contributed by atoms with E-state index in [4.69, 9.17) is 4.74 Å². The van der Waals surface area contributed by atoms with Gasteiger partial charge < -0.3 is 9.64 Å². The fourth-order valence-corrected chi connectivity index (χ4v) is 2.46. The van der Waals surface area contributed by atoms with E-state index in [0.717, 1.165) is 14.9 Å². The predicted octanol–water partition coefficient (Wildman–Crippen LogP) is 3.64. The van der Waals surface area contributed by atoms with Crippen molar-refractivity contribution < 1.29 is 9.53 Å². The van der Waals surface area contributed by atoms with E-state index >= 15 is 0 Å². The first-order valence-corrected chi connectivity index (χ1v) is 7.81. The van der Waals surface area contributed by atoms with Gasteiger partial charge in [0.05, 0.1) is 0 Å². The molecule has 0 bridgehead atoms. The van der Waals surface area contributed by atoms with Crippen LogP contribution in [-0.4, -0.2) is 24.5 Å². The number of aryl methyl sites for hydroxylation is 1. The van der Waals surface area contributed by atoms with Crippen LogP contribution in [0, 0.1) is 10.5 Å². The Morgan fingerprint density at radius 2 is 1.95 bits per heavy atom. The molecule has 0 spiro atoms. The Hall–Kier alpha value is -1.56. The maximum atomic E-state index is 12.1. The number of likely N-dealkylation sites (N-methyl/N-ethyl adjacent to an activating group) is 1. The molecule has 2 aromatic rings. The SMILES string of the molecule is Cc1ccccc1CN(C)C(=O)COc1cccc(I)c1. The summed E-state index contributed by atoms with van der Waals surface area (Å²) >= 11 is 2.22. The molecule has 0 saturated carbocycles. The summed E-state index contributed by atoms with van der Waals surface area (Å²) in [7, 11) is 1.80. The lowest BCUT2D eigenvalue weighted by Crippen LogP contribution is -2.31. The van der Waals surface area contributed by atoms with Crippen molar-refractivity contribution in [3.8, 4) is 5.75 Å². The van der Waals surface area contributed by atoms with E-state index in [9.17, 15) is 4.79 Å². The second kappa shape index (κ2) is 7.45. The molecule has 0 saturated heterocycles. The zero-order chi connectivity index (χ0) is 15.2. The third-order valence-electron chi connectivity index (χ3n) is 3.25. The fourth-order valence-electron chi connectivity index (χ4n) is 1.94. The molecule has 0 aliphatic heterocycles. The number of hydrogen-bond acceptors (Lipinski definition) is 2. The molecule has 3 nitrogen and oxygen atoms in total. The molecular formula is C17H18INO2. The van der Waals surface area contributed by atoms with E-state index in [1.54, 1.807) is 11.9 Å². The molecule has 0 unspecified atom stereocenters. The third kappa shape index (κ3) is 4.74. The monoisotopic (exact) mass is 395 g/mol. The van der Waals surface area contributed by atoms with Gasteiger partial charge in [-0.1, -0.05) is 30.3 Å². The number of ether oxygens (including phenoxy) is 1. The summed E-state index contributed by atoms with van der Waals surface area (Å²) in [5.41, 5.74) is 2.35. The minimum Gasteiger partial charge on any atom is -0.484 e. The van der Waals surface area contributed by atoms with Crippen LogP contribution in [0.4, 0.5) is 0 Å². The Bertz CT molecular complexity index is 628. The molecule has 0 heterocycles. The average Bonchev–Trinajstić information content (AvgIpc) is 2.47. The van der Waals surface area contributed by atoms with Crippen LogP contribution >= 0.6 is 22.6 Å². The van der Waals surface area contributed by atoms with E-state index in [2.05, 4.69) is 35.6 Å². The number of hydrogen-bond donors (Lipinski definition) is 0. The van der Waals surface area contributed by atoms with Crippen molar-refractivity contribution in [2.75, 3.05) is 13.7 Å². The first-order chi connectivity index (χ1) is 10.1. The predicted molar refractivity (Wildman–Crippen MR) is 92.3 cm³/mol. The van der Waals surface area contributed by atoms with Gasteiger partial charge in [-0.2, -0.15) is 0 Å². The highest BCUT2D eigenvalue weighted by molar-refractivity contribution is 14.1. The highest BCUT2D eigenvalue weighted by Gasteiger charge is 2.11. The molecule has 2 aromatic carbocycles. The Balaban J connectivity index is 1.90. The zero-order valence-electron chi connectivity index (χ0n) is 12.2. The van der Waals surface area contributed by atoms with Crippen molar-refractivity contribution in [1.29, 1.82) is 0 Å². The number of halogens is 1. The van der Waals surface area contributed by atoms with E-state index in [1.165, 1.54) is 5.56 Å². The lowest BCUT2D eigenvalue weighted by molar-refractivity contribution is -0.132. The molecule has 0 fully saturated rings. The van der Waals surface area contributed by atoms with Crippen molar-refractivity contribution in [3.63, 3.8) is 0 Å². The maximum absolute atomic E-state index is 12.1. The van der Waals surface area contributed by atoms with Crippen molar-refractivity contribution in [2.45, 2.75) is 13.5 Å². The molecule has 4 heteroatoms. The van der Waals surface area contributed by atoms with Gasteiger partial charge in [0.15, 0.2) is 6.61 Å². The van der Waals surface area contributed by atoms with Gasteiger partial charge in [-0.25, -0.2) is 0 Å². The highest BCUT2D eigenvalue weighted by Crippen LogP contribution is 2.15. The largest absolute Gasteiger partial charge is 0.484 e. The molecule has 0 aliphatic rings. The average molecular weight is 395 g/mol. The van der Waals surface area contributed by atoms with Gasteiger partial charge in [0.2, 0.25) is 0 Å². The van der Waals surface area contributed by atoms with Crippen molar-refractivity contribution in [1.82, 2.24) is 4.90 Å². The Morgan fingerprint density at radius 3 is 2.67 bits per heavy atom. The topological polar surface area (TPSA) is 29.5 Å². The second-order valence-electron chi connectivity index (χ2n) is 4.92. The summed E-state index contributed by atoms with van der Waals surface area (Å²) in [6.45, 7) is 2.71. The first kappa shape index (κ1) is 15.8. The number of amides is 1. The molecule has 0 aliphatic carbocycles. The van der Waals surface area contributed by atoms with Crippen LogP contribution in [-0.2, 0) is 11.3 Å². The summed E-state index contributed by atoms with van der Waals surface area (Å²) in [6.07, 6.45) is 0.